The first-order valence-electron chi connectivity index (χ1n) is 6.03. The lowest BCUT2D eigenvalue weighted by molar-refractivity contribution is -0.122. The predicted molar refractivity (Wildman–Crippen MR) is 72.2 cm³/mol. The number of anilines is 1. The Kier molecular flexibility index (Phi) is 2.78. The minimum atomic E-state index is -0.0830. The summed E-state index contributed by atoms with van der Waals surface area (Å²) in [7, 11) is 0. The summed E-state index contributed by atoms with van der Waals surface area (Å²) in [5, 5.41) is 7.34. The van der Waals surface area contributed by atoms with Gasteiger partial charge >= 0.3 is 0 Å². The molecule has 3 rings (SSSR count). The fourth-order valence-corrected chi connectivity index (χ4v) is 2.74. The number of nitrogens with zero attached hydrogens (tertiary/aromatic N) is 1. The summed E-state index contributed by atoms with van der Waals surface area (Å²) in [4.78, 5) is 22.6. The summed E-state index contributed by atoms with van der Waals surface area (Å²) in [6.45, 7) is 1.95. The molecule has 0 aromatic heterocycles. The van der Waals surface area contributed by atoms with Crippen molar-refractivity contribution in [3.05, 3.63) is 28.3 Å². The number of fused-ring (bicyclic) bond motifs is 1. The molecule has 1 atom stereocenters. The number of amides is 2. The normalized spacial score (nSPS) is 21.6. The maximum Gasteiger partial charge on any atom is 0.240 e. The standard InChI is InChI=1S/C13H12ClN3O2/c1-6-2-11(19)16-17-12(6)7-3-8-5-10(18)15-13(8)9(14)4-7/h3-4,6H,2,5H2,1H3,(H,15,18)(H,16,19). The number of carbonyl (C=O) groups excluding carboxylic acids is 2. The number of hydrogen-bond donors (Lipinski definition) is 2. The van der Waals surface area contributed by atoms with Crippen molar-refractivity contribution < 1.29 is 9.59 Å². The van der Waals surface area contributed by atoms with Gasteiger partial charge < -0.3 is 5.32 Å². The Bertz CT molecular complexity index is 625. The van der Waals surface area contributed by atoms with Crippen molar-refractivity contribution in [2.45, 2.75) is 19.8 Å². The first-order chi connectivity index (χ1) is 9.04. The average Bonchev–Trinajstić information content (AvgIpc) is 2.70. The molecule has 6 heteroatoms. The van der Waals surface area contributed by atoms with Crippen LogP contribution >= 0.6 is 11.6 Å². The second-order valence-electron chi connectivity index (χ2n) is 4.85. The van der Waals surface area contributed by atoms with Crippen LogP contribution in [0.25, 0.3) is 0 Å². The highest BCUT2D eigenvalue weighted by atomic mass is 35.5. The molecular formula is C13H12ClN3O2. The molecule has 5 nitrogen and oxygen atoms in total. The molecule has 2 heterocycles. The Hall–Kier alpha value is -1.88. The molecule has 0 saturated carbocycles. The molecule has 1 unspecified atom stereocenters. The molecule has 0 fully saturated rings. The summed E-state index contributed by atoms with van der Waals surface area (Å²) in [6.07, 6.45) is 0.738. The van der Waals surface area contributed by atoms with Gasteiger partial charge in [0.1, 0.15) is 0 Å². The van der Waals surface area contributed by atoms with Gasteiger partial charge in [0.05, 0.1) is 22.8 Å². The van der Waals surface area contributed by atoms with E-state index in [2.05, 4.69) is 15.8 Å². The largest absolute Gasteiger partial charge is 0.324 e. The van der Waals surface area contributed by atoms with Gasteiger partial charge in [-0.1, -0.05) is 18.5 Å². The lowest BCUT2D eigenvalue weighted by Gasteiger charge is -2.19. The van der Waals surface area contributed by atoms with Gasteiger partial charge in [0.15, 0.2) is 0 Å². The first kappa shape index (κ1) is 12.2. The molecule has 2 N–H and O–H groups in total. The number of rotatable bonds is 1. The molecule has 2 amide bonds. The lowest BCUT2D eigenvalue weighted by Crippen LogP contribution is -2.32. The van der Waals surface area contributed by atoms with E-state index in [1.165, 1.54) is 0 Å². The monoisotopic (exact) mass is 277 g/mol. The summed E-state index contributed by atoms with van der Waals surface area (Å²) in [5.74, 6) is -0.103. The lowest BCUT2D eigenvalue weighted by atomic mass is 9.93. The molecular weight excluding hydrogens is 266 g/mol. The number of benzene rings is 1. The van der Waals surface area contributed by atoms with E-state index in [4.69, 9.17) is 11.6 Å². The first-order valence-corrected chi connectivity index (χ1v) is 6.41. The Labute approximate surface area is 115 Å². The van der Waals surface area contributed by atoms with Crippen LogP contribution in [-0.2, 0) is 16.0 Å². The zero-order valence-corrected chi connectivity index (χ0v) is 11.0. The van der Waals surface area contributed by atoms with Crippen LogP contribution in [0.3, 0.4) is 0 Å². The van der Waals surface area contributed by atoms with Crippen LogP contribution in [0.5, 0.6) is 0 Å². The van der Waals surface area contributed by atoms with Gasteiger partial charge in [0.25, 0.3) is 0 Å². The third kappa shape index (κ3) is 2.10. The van der Waals surface area contributed by atoms with Crippen LogP contribution in [0.2, 0.25) is 5.02 Å². The summed E-state index contributed by atoms with van der Waals surface area (Å²) < 4.78 is 0. The van der Waals surface area contributed by atoms with Crippen molar-refractivity contribution in [2.24, 2.45) is 11.0 Å². The van der Waals surface area contributed by atoms with Crippen LogP contribution in [-0.4, -0.2) is 17.5 Å². The number of hydrogen-bond acceptors (Lipinski definition) is 3. The van der Waals surface area contributed by atoms with Crippen LogP contribution in [0.4, 0.5) is 5.69 Å². The average molecular weight is 278 g/mol. The van der Waals surface area contributed by atoms with Crippen LogP contribution in [0, 0.1) is 5.92 Å². The molecule has 1 aromatic carbocycles. The van der Waals surface area contributed by atoms with Crippen LogP contribution < -0.4 is 10.7 Å². The molecule has 0 aliphatic carbocycles. The Morgan fingerprint density at radius 1 is 1.32 bits per heavy atom. The van der Waals surface area contributed by atoms with Crippen molar-refractivity contribution >= 4 is 34.8 Å². The molecule has 0 radical (unpaired) electrons. The number of nitrogens with one attached hydrogen (secondary N) is 2. The van der Waals surface area contributed by atoms with Gasteiger partial charge in [0, 0.05) is 12.3 Å². The zero-order valence-electron chi connectivity index (χ0n) is 10.3. The maximum absolute atomic E-state index is 11.4. The quantitative estimate of drug-likeness (QED) is 0.820. The van der Waals surface area contributed by atoms with Crippen LogP contribution in [0.15, 0.2) is 17.2 Å². The fourth-order valence-electron chi connectivity index (χ4n) is 2.45. The second-order valence-corrected chi connectivity index (χ2v) is 5.26. The fraction of sp³-hybridized carbons (Fsp3) is 0.308. The zero-order chi connectivity index (χ0) is 13.6. The molecule has 19 heavy (non-hydrogen) atoms. The molecule has 98 valence electrons. The highest BCUT2D eigenvalue weighted by Crippen LogP contribution is 2.33. The molecule has 0 bridgehead atoms. The second kappa shape index (κ2) is 4.35. The predicted octanol–water partition coefficient (Wildman–Crippen LogP) is 1.69. The summed E-state index contributed by atoms with van der Waals surface area (Å²) in [5.41, 5.74) is 5.69. The topological polar surface area (TPSA) is 70.6 Å². The van der Waals surface area contributed by atoms with Gasteiger partial charge in [-0.05, 0) is 23.3 Å². The van der Waals surface area contributed by atoms with Gasteiger partial charge in [-0.2, -0.15) is 5.10 Å². The smallest absolute Gasteiger partial charge is 0.240 e. The van der Waals surface area contributed by atoms with E-state index in [9.17, 15) is 9.59 Å². The highest BCUT2D eigenvalue weighted by Gasteiger charge is 2.26. The molecule has 2 aliphatic rings. The van der Waals surface area contributed by atoms with Gasteiger partial charge in [-0.15, -0.1) is 0 Å². The van der Waals surface area contributed by atoms with E-state index in [1.54, 1.807) is 6.07 Å². The van der Waals surface area contributed by atoms with Gasteiger partial charge in [-0.3, -0.25) is 9.59 Å². The molecule has 1 aromatic rings. The molecule has 2 aliphatic heterocycles. The van der Waals surface area contributed by atoms with Gasteiger partial charge in [0.2, 0.25) is 11.8 Å². The Morgan fingerprint density at radius 3 is 2.84 bits per heavy atom. The third-order valence-electron chi connectivity index (χ3n) is 3.34. The maximum atomic E-state index is 11.4. The molecule has 0 spiro atoms. The summed E-state index contributed by atoms with van der Waals surface area (Å²) in [6, 6.07) is 3.69. The Balaban J connectivity index is 2.03. The van der Waals surface area contributed by atoms with Crippen molar-refractivity contribution in [3.8, 4) is 0 Å². The number of hydrazone groups is 1. The van der Waals surface area contributed by atoms with Crippen molar-refractivity contribution in [1.82, 2.24) is 5.43 Å². The van der Waals surface area contributed by atoms with E-state index >= 15 is 0 Å². The number of carbonyl (C=O) groups is 2. The third-order valence-corrected chi connectivity index (χ3v) is 3.64. The van der Waals surface area contributed by atoms with E-state index in [1.807, 2.05) is 13.0 Å². The SMILES string of the molecule is CC1CC(=O)NN=C1c1cc(Cl)c2c(c1)CC(=O)N2. The van der Waals surface area contributed by atoms with Crippen molar-refractivity contribution in [3.63, 3.8) is 0 Å². The van der Waals surface area contributed by atoms with Crippen LogP contribution in [0.1, 0.15) is 24.5 Å². The highest BCUT2D eigenvalue weighted by molar-refractivity contribution is 6.35. The minimum absolute atomic E-state index is 0.0351. The van der Waals surface area contributed by atoms with E-state index in [-0.39, 0.29) is 17.7 Å². The van der Waals surface area contributed by atoms with E-state index in [0.29, 0.717) is 23.6 Å². The van der Waals surface area contributed by atoms with Gasteiger partial charge in [-0.25, -0.2) is 5.43 Å². The van der Waals surface area contributed by atoms with E-state index in [0.717, 1.165) is 16.8 Å². The van der Waals surface area contributed by atoms with Crippen molar-refractivity contribution in [2.75, 3.05) is 5.32 Å². The van der Waals surface area contributed by atoms with Crippen molar-refractivity contribution in [1.29, 1.82) is 0 Å². The Morgan fingerprint density at radius 2 is 2.11 bits per heavy atom. The molecule has 0 saturated heterocycles. The summed E-state index contributed by atoms with van der Waals surface area (Å²) >= 11 is 6.18. The minimum Gasteiger partial charge on any atom is -0.324 e. The number of halogens is 1. The van der Waals surface area contributed by atoms with E-state index < -0.39 is 0 Å².